The maximum absolute atomic E-state index is 2.52. The Bertz CT molecular complexity index is 3390. The number of fused-ring (bicyclic) bond motifs is 9. The average Bonchev–Trinajstić information content (AvgIpc) is 3.88. The van der Waals surface area contributed by atoms with Crippen molar-refractivity contribution in [3.8, 4) is 55.6 Å². The van der Waals surface area contributed by atoms with Crippen molar-refractivity contribution in [2.75, 3.05) is 4.90 Å². The normalized spacial score (nSPS) is 14.1. The molecule has 0 spiro atoms. The van der Waals surface area contributed by atoms with Crippen LogP contribution in [0, 0.1) is 0 Å². The largest absolute Gasteiger partial charge is 0.310 e. The number of anilines is 3. The zero-order valence-corrected chi connectivity index (χ0v) is 36.2. The molecule has 2 aliphatic rings. The van der Waals surface area contributed by atoms with E-state index in [4.69, 9.17) is 0 Å². The summed E-state index contributed by atoms with van der Waals surface area (Å²) < 4.78 is 2.68. The Kier molecular flexibility index (Phi) is 8.17. The Labute approximate surface area is 368 Å². The van der Waals surface area contributed by atoms with Crippen LogP contribution >= 0.6 is 11.3 Å². The maximum Gasteiger partial charge on any atom is 0.0540 e. The lowest BCUT2D eigenvalue weighted by atomic mass is 9.81. The van der Waals surface area contributed by atoms with E-state index in [2.05, 4.69) is 233 Å². The minimum Gasteiger partial charge on any atom is -0.310 e. The van der Waals surface area contributed by atoms with Crippen LogP contribution in [0.3, 0.4) is 0 Å². The van der Waals surface area contributed by atoms with Gasteiger partial charge in [-0.15, -0.1) is 11.3 Å². The molecule has 10 aromatic rings. The Balaban J connectivity index is 1.11. The standard InChI is InChI=1S/C60H45NS/c1-59(2)49-24-14-11-22-45(49)46-33-31-43(36-51(46)59)61(53-25-15-12-21-44(53)40-29-27-39(28-30-40)38-17-7-5-8-18-38)42-32-34-50-48(35-42)57-52(60(50,3)4)37-55-58(47-23-13-16-26-54(47)62-55)56(57)41-19-9-6-10-20-41/h5-37H,1-4H3. The van der Waals surface area contributed by atoms with Crippen LogP contribution in [0.5, 0.6) is 0 Å². The molecule has 0 fully saturated rings. The van der Waals surface area contributed by atoms with Crippen LogP contribution in [0.15, 0.2) is 200 Å². The van der Waals surface area contributed by atoms with Gasteiger partial charge in [-0.2, -0.15) is 0 Å². The third-order valence-corrected chi connectivity index (χ3v) is 15.0. The molecule has 1 heterocycles. The second-order valence-corrected chi connectivity index (χ2v) is 19.1. The second kappa shape index (κ2) is 13.8. The third-order valence-electron chi connectivity index (χ3n) is 13.9. The van der Waals surface area contributed by atoms with Crippen LogP contribution in [-0.4, -0.2) is 0 Å². The maximum atomic E-state index is 2.52. The molecule has 296 valence electrons. The first kappa shape index (κ1) is 36.8. The molecule has 0 saturated heterocycles. The zero-order valence-electron chi connectivity index (χ0n) is 35.4. The first-order chi connectivity index (χ1) is 30.3. The molecule has 0 bridgehead atoms. The Morgan fingerprint density at radius 1 is 0.355 bits per heavy atom. The monoisotopic (exact) mass is 811 g/mol. The highest BCUT2D eigenvalue weighted by atomic mass is 32.1. The van der Waals surface area contributed by atoms with Gasteiger partial charge in [0.2, 0.25) is 0 Å². The van der Waals surface area contributed by atoms with Gasteiger partial charge < -0.3 is 4.90 Å². The average molecular weight is 812 g/mol. The van der Waals surface area contributed by atoms with Crippen molar-refractivity contribution >= 4 is 48.6 Å². The van der Waals surface area contributed by atoms with Crippen LogP contribution in [0.2, 0.25) is 0 Å². The SMILES string of the molecule is CC1(C)c2ccccc2-c2ccc(N(c3ccc4c(c3)-c3c(cc5sc6ccccc6c5c3-c3ccccc3)C4(C)C)c3ccccc3-c3ccc(-c4ccccc4)cc3)cc21. The van der Waals surface area contributed by atoms with E-state index in [9.17, 15) is 0 Å². The lowest BCUT2D eigenvalue weighted by Gasteiger charge is -2.30. The van der Waals surface area contributed by atoms with Gasteiger partial charge in [0.15, 0.2) is 0 Å². The number of nitrogens with zero attached hydrogens (tertiary/aromatic N) is 1. The van der Waals surface area contributed by atoms with Crippen molar-refractivity contribution in [2.24, 2.45) is 0 Å². The van der Waals surface area contributed by atoms with Crippen LogP contribution in [-0.2, 0) is 10.8 Å². The number of hydrogen-bond donors (Lipinski definition) is 0. The molecule has 0 amide bonds. The molecule has 62 heavy (non-hydrogen) atoms. The molecule has 2 aliphatic carbocycles. The minimum absolute atomic E-state index is 0.138. The highest BCUT2D eigenvalue weighted by molar-refractivity contribution is 7.26. The summed E-state index contributed by atoms with van der Waals surface area (Å²) in [5.41, 5.74) is 21.3. The molecule has 0 atom stereocenters. The Morgan fingerprint density at radius 3 is 1.71 bits per heavy atom. The van der Waals surface area contributed by atoms with E-state index in [1.807, 2.05) is 11.3 Å². The first-order valence-electron chi connectivity index (χ1n) is 21.8. The first-order valence-corrected chi connectivity index (χ1v) is 22.6. The van der Waals surface area contributed by atoms with Gasteiger partial charge in [0.25, 0.3) is 0 Å². The Morgan fingerprint density at radius 2 is 0.919 bits per heavy atom. The van der Waals surface area contributed by atoms with Gasteiger partial charge in [-0.25, -0.2) is 0 Å². The van der Waals surface area contributed by atoms with E-state index >= 15 is 0 Å². The van der Waals surface area contributed by atoms with Crippen molar-refractivity contribution in [1.82, 2.24) is 0 Å². The van der Waals surface area contributed by atoms with E-state index in [0.717, 1.165) is 17.1 Å². The number of hydrogen-bond acceptors (Lipinski definition) is 2. The molecule has 0 unspecified atom stereocenters. The van der Waals surface area contributed by atoms with Crippen LogP contribution in [0.1, 0.15) is 49.9 Å². The van der Waals surface area contributed by atoms with Crippen LogP contribution in [0.4, 0.5) is 17.1 Å². The van der Waals surface area contributed by atoms with Gasteiger partial charge in [-0.1, -0.05) is 185 Å². The van der Waals surface area contributed by atoms with Gasteiger partial charge in [0.05, 0.1) is 5.69 Å². The molecule has 1 nitrogen and oxygen atoms in total. The molecule has 9 aromatic carbocycles. The van der Waals surface area contributed by atoms with Crippen LogP contribution in [0.25, 0.3) is 75.8 Å². The highest BCUT2D eigenvalue weighted by Crippen LogP contribution is 2.58. The van der Waals surface area contributed by atoms with E-state index in [1.54, 1.807) is 0 Å². The predicted molar refractivity (Wildman–Crippen MR) is 265 cm³/mol. The molecule has 1 aromatic heterocycles. The van der Waals surface area contributed by atoms with Gasteiger partial charge in [-0.3, -0.25) is 0 Å². The quantitative estimate of drug-likeness (QED) is 0.162. The van der Waals surface area contributed by atoms with E-state index < -0.39 is 0 Å². The summed E-state index contributed by atoms with van der Waals surface area (Å²) >= 11 is 1.91. The summed E-state index contributed by atoms with van der Waals surface area (Å²) in [5.74, 6) is 0. The summed E-state index contributed by atoms with van der Waals surface area (Å²) in [5, 5.41) is 2.68. The van der Waals surface area contributed by atoms with Crippen molar-refractivity contribution in [3.63, 3.8) is 0 Å². The van der Waals surface area contributed by atoms with Crippen molar-refractivity contribution < 1.29 is 0 Å². The summed E-state index contributed by atoms with van der Waals surface area (Å²) in [4.78, 5) is 2.52. The molecular formula is C60H45NS. The third kappa shape index (κ3) is 5.46. The van der Waals surface area contributed by atoms with E-state index in [-0.39, 0.29) is 10.8 Å². The van der Waals surface area contributed by atoms with E-state index in [1.165, 1.54) is 98.1 Å². The van der Waals surface area contributed by atoms with Crippen LogP contribution < -0.4 is 4.90 Å². The van der Waals surface area contributed by atoms with Gasteiger partial charge in [-0.05, 0) is 115 Å². The van der Waals surface area contributed by atoms with E-state index in [0.29, 0.717) is 0 Å². The number of para-hydroxylation sites is 1. The lowest BCUT2D eigenvalue weighted by molar-refractivity contribution is 0.660. The lowest BCUT2D eigenvalue weighted by Crippen LogP contribution is -2.17. The molecular weight excluding hydrogens is 767 g/mol. The summed E-state index contributed by atoms with van der Waals surface area (Å²) in [7, 11) is 0. The molecule has 0 aliphatic heterocycles. The fraction of sp³-hybridized carbons (Fsp3) is 0.100. The summed E-state index contributed by atoms with van der Waals surface area (Å²) in [6.07, 6.45) is 0. The molecule has 2 heteroatoms. The molecule has 0 N–H and O–H groups in total. The highest BCUT2D eigenvalue weighted by Gasteiger charge is 2.40. The number of rotatable bonds is 6. The number of thiophene rings is 1. The molecule has 0 radical (unpaired) electrons. The minimum atomic E-state index is -0.191. The van der Waals surface area contributed by atoms with Crippen molar-refractivity contribution in [1.29, 1.82) is 0 Å². The molecule has 12 rings (SSSR count). The van der Waals surface area contributed by atoms with Gasteiger partial charge in [0, 0.05) is 47.9 Å². The fourth-order valence-electron chi connectivity index (χ4n) is 10.8. The van der Waals surface area contributed by atoms with Gasteiger partial charge in [0.1, 0.15) is 0 Å². The number of benzene rings is 9. The molecule has 0 saturated carbocycles. The fourth-order valence-corrected chi connectivity index (χ4v) is 11.9. The summed E-state index contributed by atoms with van der Waals surface area (Å²) in [6, 6.07) is 74.6. The van der Waals surface area contributed by atoms with Gasteiger partial charge >= 0.3 is 0 Å². The smallest absolute Gasteiger partial charge is 0.0540 e. The van der Waals surface area contributed by atoms with Crippen molar-refractivity contribution in [2.45, 2.75) is 38.5 Å². The summed E-state index contributed by atoms with van der Waals surface area (Å²) in [6.45, 7) is 9.58. The Hall–Kier alpha value is -7.00. The topological polar surface area (TPSA) is 3.24 Å². The zero-order chi connectivity index (χ0) is 41.7. The van der Waals surface area contributed by atoms with Crippen molar-refractivity contribution in [3.05, 3.63) is 222 Å². The predicted octanol–water partition coefficient (Wildman–Crippen LogP) is 17.1. The second-order valence-electron chi connectivity index (χ2n) is 18.1.